The van der Waals surface area contributed by atoms with Crippen molar-refractivity contribution in [3.8, 4) is 0 Å². The second-order valence-corrected chi connectivity index (χ2v) is 3.98. The first-order chi connectivity index (χ1) is 6.54. The van der Waals surface area contributed by atoms with Crippen LogP contribution in [0.25, 0.3) is 0 Å². The van der Waals surface area contributed by atoms with Crippen LogP contribution in [0.1, 0.15) is 6.92 Å². The number of ether oxygens (including phenoxy) is 1. The molecule has 0 aliphatic carbocycles. The van der Waals surface area contributed by atoms with Crippen LogP contribution in [0.2, 0.25) is 0 Å². The van der Waals surface area contributed by atoms with Gasteiger partial charge in [0.15, 0.2) is 0 Å². The molecule has 5 nitrogen and oxygen atoms in total. The molecular weight excluding hydrogens is 204 g/mol. The quantitative estimate of drug-likeness (QED) is 0.585. The highest BCUT2D eigenvalue weighted by Gasteiger charge is 2.32. The number of nitrogens with zero attached hydrogens (tertiary/aromatic N) is 1. The molecule has 2 unspecified atom stereocenters. The molecule has 6 heteroatoms. The van der Waals surface area contributed by atoms with Gasteiger partial charge >= 0.3 is 0 Å². The highest BCUT2D eigenvalue weighted by atomic mass is 32.1. The van der Waals surface area contributed by atoms with Crippen LogP contribution in [-0.4, -0.2) is 47.8 Å². The molecule has 0 aromatic carbocycles. The smallest absolute Gasteiger partial charge is 0.242 e. The fourth-order valence-corrected chi connectivity index (χ4v) is 1.49. The van der Waals surface area contributed by atoms with E-state index in [1.54, 1.807) is 6.92 Å². The highest BCUT2D eigenvalue weighted by Crippen LogP contribution is 2.10. The van der Waals surface area contributed by atoms with Gasteiger partial charge in [0, 0.05) is 6.54 Å². The van der Waals surface area contributed by atoms with E-state index in [0.717, 1.165) is 0 Å². The Morgan fingerprint density at radius 1 is 1.64 bits per heavy atom. The second-order valence-electron chi connectivity index (χ2n) is 3.20. The highest BCUT2D eigenvalue weighted by molar-refractivity contribution is 7.81. The molecular formula is C8H14N2O3S. The first-order valence-corrected chi connectivity index (χ1v) is 4.91. The van der Waals surface area contributed by atoms with Gasteiger partial charge in [-0.15, -0.1) is 0 Å². The summed E-state index contributed by atoms with van der Waals surface area (Å²) in [5.41, 5.74) is 5.16. The minimum atomic E-state index is -0.647. The lowest BCUT2D eigenvalue weighted by Gasteiger charge is -2.34. The van der Waals surface area contributed by atoms with E-state index in [-0.39, 0.29) is 12.5 Å². The third-order valence-electron chi connectivity index (χ3n) is 2.10. The summed E-state index contributed by atoms with van der Waals surface area (Å²) in [4.78, 5) is 24.0. The maximum absolute atomic E-state index is 11.6. The number of thiol groups is 1. The predicted octanol–water partition coefficient (Wildman–Crippen LogP) is -0.983. The lowest BCUT2D eigenvalue weighted by atomic mass is 10.2. The van der Waals surface area contributed by atoms with E-state index in [4.69, 9.17) is 10.5 Å². The summed E-state index contributed by atoms with van der Waals surface area (Å²) >= 11 is 4.03. The number of morpholine rings is 1. The molecule has 0 radical (unpaired) electrons. The normalized spacial score (nSPS) is 24.4. The summed E-state index contributed by atoms with van der Waals surface area (Å²) in [5.74, 6) is -0.715. The van der Waals surface area contributed by atoms with Crippen molar-refractivity contribution < 1.29 is 14.3 Å². The molecule has 1 fully saturated rings. The lowest BCUT2D eigenvalue weighted by molar-refractivity contribution is -0.146. The molecule has 1 saturated heterocycles. The van der Waals surface area contributed by atoms with Gasteiger partial charge in [-0.05, 0) is 6.92 Å². The van der Waals surface area contributed by atoms with Crippen molar-refractivity contribution in [1.29, 1.82) is 0 Å². The predicted molar refractivity (Wildman–Crippen MR) is 54.0 cm³/mol. The Kier molecular flexibility index (Phi) is 3.77. The van der Waals surface area contributed by atoms with Gasteiger partial charge in [-0.1, -0.05) is 0 Å². The first kappa shape index (κ1) is 11.3. The van der Waals surface area contributed by atoms with Crippen molar-refractivity contribution in [2.24, 2.45) is 5.73 Å². The Bertz CT molecular complexity index is 245. The van der Waals surface area contributed by atoms with E-state index in [2.05, 4.69) is 12.6 Å². The van der Waals surface area contributed by atoms with Crippen LogP contribution in [-0.2, 0) is 14.3 Å². The van der Waals surface area contributed by atoms with E-state index in [1.807, 2.05) is 0 Å². The van der Waals surface area contributed by atoms with Crippen LogP contribution in [0.3, 0.4) is 0 Å². The van der Waals surface area contributed by atoms with Gasteiger partial charge in [-0.25, -0.2) is 0 Å². The van der Waals surface area contributed by atoms with Crippen LogP contribution in [0.5, 0.6) is 0 Å². The zero-order valence-electron chi connectivity index (χ0n) is 7.97. The number of carbonyl (C=O) groups excluding carboxylic acids is 2. The monoisotopic (exact) mass is 218 g/mol. The minimum Gasteiger partial charge on any atom is -0.377 e. The fourth-order valence-electron chi connectivity index (χ4n) is 1.34. The van der Waals surface area contributed by atoms with Gasteiger partial charge in [-0.3, -0.25) is 9.59 Å². The minimum absolute atomic E-state index is 0.180. The fraction of sp³-hybridized carbons (Fsp3) is 0.750. The second kappa shape index (κ2) is 4.65. The molecule has 2 atom stereocenters. The zero-order chi connectivity index (χ0) is 10.7. The maximum atomic E-state index is 11.6. The lowest BCUT2D eigenvalue weighted by Crippen LogP contribution is -2.56. The number of carbonyl (C=O) groups is 2. The topological polar surface area (TPSA) is 72.6 Å². The van der Waals surface area contributed by atoms with Gasteiger partial charge in [-0.2, -0.15) is 12.6 Å². The summed E-state index contributed by atoms with van der Waals surface area (Å²) in [6.45, 7) is 2.69. The van der Waals surface area contributed by atoms with E-state index < -0.39 is 17.2 Å². The van der Waals surface area contributed by atoms with Crippen molar-refractivity contribution in [1.82, 2.24) is 4.90 Å². The van der Waals surface area contributed by atoms with Crippen LogP contribution < -0.4 is 5.73 Å². The number of nitrogens with two attached hydrogens (primary N) is 1. The van der Waals surface area contributed by atoms with Gasteiger partial charge in [0.25, 0.3) is 0 Å². The molecule has 0 aromatic heterocycles. The Balaban J connectivity index is 2.72. The average molecular weight is 218 g/mol. The van der Waals surface area contributed by atoms with Gasteiger partial charge in [0.05, 0.1) is 18.5 Å². The Morgan fingerprint density at radius 2 is 2.29 bits per heavy atom. The standard InChI is InChI=1S/C8H14N2O3S/c1-5(14)8(12)10-2-3-13-4-6(10)7(9)11/h5-6,14H,2-4H2,1H3,(H2,9,11). The number of hydrogen-bond acceptors (Lipinski definition) is 4. The molecule has 0 aromatic rings. The molecule has 0 saturated carbocycles. The first-order valence-electron chi connectivity index (χ1n) is 4.39. The molecule has 1 heterocycles. The zero-order valence-corrected chi connectivity index (χ0v) is 8.87. The summed E-state index contributed by atoms with van der Waals surface area (Å²) in [5, 5.41) is -0.421. The molecule has 80 valence electrons. The van der Waals surface area contributed by atoms with Crippen molar-refractivity contribution in [3.63, 3.8) is 0 Å². The van der Waals surface area contributed by atoms with E-state index in [0.29, 0.717) is 13.2 Å². The summed E-state index contributed by atoms with van der Waals surface area (Å²) < 4.78 is 5.08. The number of rotatable bonds is 2. The van der Waals surface area contributed by atoms with E-state index >= 15 is 0 Å². The molecule has 1 rings (SSSR count). The SMILES string of the molecule is CC(S)C(=O)N1CCOCC1C(N)=O. The van der Waals surface area contributed by atoms with E-state index in [9.17, 15) is 9.59 Å². The third kappa shape index (κ3) is 2.39. The Labute approximate surface area is 88.0 Å². The number of hydrogen-bond donors (Lipinski definition) is 2. The molecule has 14 heavy (non-hydrogen) atoms. The molecule has 2 amide bonds. The van der Waals surface area contributed by atoms with Crippen molar-refractivity contribution in [3.05, 3.63) is 0 Å². The van der Waals surface area contributed by atoms with Crippen LogP contribution in [0, 0.1) is 0 Å². The summed E-state index contributed by atoms with van der Waals surface area (Å²) in [7, 11) is 0. The summed E-state index contributed by atoms with van der Waals surface area (Å²) in [6.07, 6.45) is 0. The van der Waals surface area contributed by atoms with Crippen LogP contribution in [0.15, 0.2) is 0 Å². The van der Waals surface area contributed by atoms with Crippen molar-refractivity contribution in [2.45, 2.75) is 18.2 Å². The largest absolute Gasteiger partial charge is 0.377 e. The van der Waals surface area contributed by atoms with Gasteiger partial charge < -0.3 is 15.4 Å². The third-order valence-corrected chi connectivity index (χ3v) is 2.32. The maximum Gasteiger partial charge on any atom is 0.242 e. The van der Waals surface area contributed by atoms with Gasteiger partial charge in [0.1, 0.15) is 6.04 Å². The van der Waals surface area contributed by atoms with Crippen molar-refractivity contribution in [2.75, 3.05) is 19.8 Å². The summed E-state index contributed by atoms with van der Waals surface area (Å²) in [6, 6.07) is -0.647. The Hall–Kier alpha value is -0.750. The van der Waals surface area contributed by atoms with Crippen LogP contribution in [0.4, 0.5) is 0 Å². The Morgan fingerprint density at radius 3 is 2.79 bits per heavy atom. The van der Waals surface area contributed by atoms with Crippen molar-refractivity contribution >= 4 is 24.4 Å². The van der Waals surface area contributed by atoms with E-state index in [1.165, 1.54) is 4.90 Å². The van der Waals surface area contributed by atoms with Gasteiger partial charge in [0.2, 0.25) is 11.8 Å². The molecule has 1 aliphatic heterocycles. The van der Waals surface area contributed by atoms with Crippen LogP contribution >= 0.6 is 12.6 Å². The molecule has 1 aliphatic rings. The number of amides is 2. The molecule has 0 bridgehead atoms. The average Bonchev–Trinajstić information content (AvgIpc) is 2.16. The molecule has 2 N–H and O–H groups in total. The number of primary amides is 1. The molecule has 0 spiro atoms.